The Morgan fingerprint density at radius 1 is 1.14 bits per heavy atom. The number of amides is 2. The lowest BCUT2D eigenvalue weighted by molar-refractivity contribution is -0.204. The van der Waals surface area contributed by atoms with Crippen molar-refractivity contribution in [1.82, 2.24) is 15.6 Å². The normalized spacial score (nSPS) is 16.8. The SMILES string of the molecule is N=C(c1ccc(Cl)cc1)N(C[C@H](O)C(F)(F)F)C(=O)NCC1N=C(C(F)(F)F)N(c2ccccc2Cl)N1. The minimum Gasteiger partial charge on any atom is -0.382 e. The Labute approximate surface area is 215 Å². The first-order chi connectivity index (χ1) is 17.2. The molecule has 4 N–H and O–H groups in total. The molecule has 0 radical (unpaired) electrons. The largest absolute Gasteiger partial charge is 0.450 e. The molecule has 0 aromatic heterocycles. The average molecular weight is 571 g/mol. The van der Waals surface area contributed by atoms with E-state index in [1.54, 1.807) is 0 Å². The lowest BCUT2D eigenvalue weighted by atomic mass is 10.2. The molecule has 1 aliphatic rings. The molecular formula is C21H18Cl2F6N6O2. The van der Waals surface area contributed by atoms with Crippen LogP contribution in [-0.2, 0) is 0 Å². The molecule has 1 heterocycles. The Hall–Kier alpha value is -3.07. The summed E-state index contributed by atoms with van der Waals surface area (Å²) < 4.78 is 79.7. The second kappa shape index (κ2) is 11.1. The Bertz CT molecular complexity index is 1180. The molecule has 0 bridgehead atoms. The van der Waals surface area contributed by atoms with Gasteiger partial charge in [-0.05, 0) is 36.4 Å². The van der Waals surface area contributed by atoms with Crippen molar-refractivity contribution in [3.8, 4) is 0 Å². The highest BCUT2D eigenvalue weighted by Gasteiger charge is 2.46. The number of aliphatic hydroxyl groups excluding tert-OH is 1. The van der Waals surface area contributed by atoms with E-state index in [0.29, 0.717) is 9.91 Å². The number of amidine groups is 2. The molecular weight excluding hydrogens is 553 g/mol. The van der Waals surface area contributed by atoms with Crippen LogP contribution in [0.3, 0.4) is 0 Å². The number of carbonyl (C=O) groups excluding carboxylic acids is 1. The van der Waals surface area contributed by atoms with Gasteiger partial charge in [0.25, 0.3) is 0 Å². The molecule has 2 amide bonds. The van der Waals surface area contributed by atoms with Crippen LogP contribution in [0.25, 0.3) is 0 Å². The zero-order valence-corrected chi connectivity index (χ0v) is 19.9. The Morgan fingerprint density at radius 3 is 2.32 bits per heavy atom. The Balaban J connectivity index is 1.79. The first-order valence-corrected chi connectivity index (χ1v) is 11.0. The van der Waals surface area contributed by atoms with Crippen LogP contribution in [-0.4, -0.2) is 65.4 Å². The summed E-state index contributed by atoms with van der Waals surface area (Å²) in [6.45, 7) is -1.97. The molecule has 0 saturated heterocycles. The quantitative estimate of drug-likeness (QED) is 0.232. The first-order valence-electron chi connectivity index (χ1n) is 10.3. The molecule has 16 heteroatoms. The van der Waals surface area contributed by atoms with Crippen molar-refractivity contribution in [2.24, 2.45) is 4.99 Å². The zero-order chi connectivity index (χ0) is 27.5. The van der Waals surface area contributed by atoms with Crippen LogP contribution in [0, 0.1) is 5.41 Å². The van der Waals surface area contributed by atoms with Gasteiger partial charge in [0.2, 0.25) is 5.84 Å². The number of para-hydroxylation sites is 1. The number of benzene rings is 2. The molecule has 8 nitrogen and oxygen atoms in total. The molecule has 3 rings (SSSR count). The number of hydrogen-bond donors (Lipinski definition) is 4. The maximum atomic E-state index is 13.6. The number of carbonyl (C=O) groups is 1. The number of hydrazine groups is 1. The topological polar surface area (TPSA) is 104 Å². The molecule has 2 aromatic rings. The number of anilines is 1. The molecule has 1 aliphatic heterocycles. The van der Waals surface area contributed by atoms with Crippen molar-refractivity contribution >= 4 is 46.6 Å². The third-order valence-corrected chi connectivity index (χ3v) is 5.50. The van der Waals surface area contributed by atoms with Gasteiger partial charge in [0.1, 0.15) is 12.0 Å². The summed E-state index contributed by atoms with van der Waals surface area (Å²) >= 11 is 11.8. The number of rotatable bonds is 6. The van der Waals surface area contributed by atoms with E-state index in [9.17, 15) is 36.2 Å². The fraction of sp³-hybridized carbons (Fsp3) is 0.286. The molecule has 0 saturated carbocycles. The van der Waals surface area contributed by atoms with Gasteiger partial charge in [-0.2, -0.15) is 26.3 Å². The van der Waals surface area contributed by atoms with E-state index < -0.39 is 55.4 Å². The fourth-order valence-electron chi connectivity index (χ4n) is 3.15. The summed E-state index contributed by atoms with van der Waals surface area (Å²) in [5.41, 5.74) is 2.35. The molecule has 37 heavy (non-hydrogen) atoms. The molecule has 0 fully saturated rings. The maximum absolute atomic E-state index is 13.6. The van der Waals surface area contributed by atoms with E-state index in [1.807, 2.05) is 0 Å². The van der Waals surface area contributed by atoms with E-state index in [0.717, 1.165) is 0 Å². The predicted molar refractivity (Wildman–Crippen MR) is 125 cm³/mol. The smallest absolute Gasteiger partial charge is 0.382 e. The van der Waals surface area contributed by atoms with Crippen LogP contribution in [0.2, 0.25) is 10.0 Å². The van der Waals surface area contributed by atoms with Crippen LogP contribution in [0.4, 0.5) is 36.8 Å². The summed E-state index contributed by atoms with van der Waals surface area (Å²) in [5.74, 6) is -2.08. The van der Waals surface area contributed by atoms with E-state index in [1.165, 1.54) is 48.5 Å². The van der Waals surface area contributed by atoms with Gasteiger partial charge in [-0.25, -0.2) is 15.2 Å². The van der Waals surface area contributed by atoms with Gasteiger partial charge >= 0.3 is 18.4 Å². The van der Waals surface area contributed by atoms with Gasteiger partial charge in [0.15, 0.2) is 6.10 Å². The Morgan fingerprint density at radius 2 is 1.76 bits per heavy atom. The fourth-order valence-corrected chi connectivity index (χ4v) is 3.49. The summed E-state index contributed by atoms with van der Waals surface area (Å²) in [7, 11) is 0. The second-order valence-corrected chi connectivity index (χ2v) is 8.44. The lowest BCUT2D eigenvalue weighted by Crippen LogP contribution is -2.53. The average Bonchev–Trinajstić information content (AvgIpc) is 3.25. The maximum Gasteiger partial charge on any atom is 0.450 e. The predicted octanol–water partition coefficient (Wildman–Crippen LogP) is 4.57. The first kappa shape index (κ1) is 28.5. The zero-order valence-electron chi connectivity index (χ0n) is 18.4. The third kappa shape index (κ3) is 7.03. The summed E-state index contributed by atoms with van der Waals surface area (Å²) in [5, 5.41) is 20.6. The molecule has 1 unspecified atom stereocenters. The number of nitrogens with zero attached hydrogens (tertiary/aromatic N) is 3. The summed E-state index contributed by atoms with van der Waals surface area (Å²) in [6.07, 6.45) is -14.4. The van der Waals surface area contributed by atoms with Gasteiger partial charge in [-0.1, -0.05) is 35.3 Å². The van der Waals surface area contributed by atoms with Crippen LogP contribution < -0.4 is 15.8 Å². The van der Waals surface area contributed by atoms with Gasteiger partial charge in [0.05, 0.1) is 23.8 Å². The van der Waals surface area contributed by atoms with Crippen LogP contribution in [0.5, 0.6) is 0 Å². The summed E-state index contributed by atoms with van der Waals surface area (Å²) in [4.78, 5) is 16.6. The van der Waals surface area contributed by atoms with Crippen molar-refractivity contribution in [3.05, 3.63) is 64.1 Å². The number of halogens is 8. The minimum absolute atomic E-state index is 0.00445. The van der Waals surface area contributed by atoms with Gasteiger partial charge in [-0.15, -0.1) is 0 Å². The molecule has 0 spiro atoms. The van der Waals surface area contributed by atoms with Crippen LogP contribution in [0.1, 0.15) is 5.56 Å². The van der Waals surface area contributed by atoms with E-state index >= 15 is 0 Å². The van der Waals surface area contributed by atoms with E-state index in [2.05, 4.69) is 15.7 Å². The number of aliphatic imine (C=N–C) groups is 1. The van der Waals surface area contributed by atoms with Crippen LogP contribution >= 0.6 is 23.2 Å². The highest BCUT2D eigenvalue weighted by atomic mass is 35.5. The lowest BCUT2D eigenvalue weighted by Gasteiger charge is -2.27. The van der Waals surface area contributed by atoms with E-state index in [-0.39, 0.29) is 21.3 Å². The molecule has 200 valence electrons. The molecule has 0 aliphatic carbocycles. The van der Waals surface area contributed by atoms with Crippen molar-refractivity contribution in [2.45, 2.75) is 24.6 Å². The highest BCUT2D eigenvalue weighted by Crippen LogP contribution is 2.31. The number of hydrogen-bond acceptors (Lipinski definition) is 6. The monoisotopic (exact) mass is 570 g/mol. The Kier molecular flexibility index (Phi) is 8.57. The van der Waals surface area contributed by atoms with Gasteiger partial charge in [0, 0.05) is 10.6 Å². The number of alkyl halides is 6. The number of urea groups is 1. The summed E-state index contributed by atoms with van der Waals surface area (Å²) in [6, 6.07) is 9.52. The van der Waals surface area contributed by atoms with Gasteiger partial charge in [-0.3, -0.25) is 15.3 Å². The van der Waals surface area contributed by atoms with Crippen molar-refractivity contribution in [3.63, 3.8) is 0 Å². The van der Waals surface area contributed by atoms with Gasteiger partial charge < -0.3 is 10.4 Å². The van der Waals surface area contributed by atoms with Crippen molar-refractivity contribution < 1.29 is 36.2 Å². The van der Waals surface area contributed by atoms with Crippen molar-refractivity contribution in [1.29, 1.82) is 5.41 Å². The van der Waals surface area contributed by atoms with Crippen molar-refractivity contribution in [2.75, 3.05) is 18.1 Å². The molecule has 2 aromatic carbocycles. The second-order valence-electron chi connectivity index (χ2n) is 7.59. The highest BCUT2D eigenvalue weighted by molar-refractivity contribution is 6.34. The van der Waals surface area contributed by atoms with Crippen LogP contribution in [0.15, 0.2) is 53.5 Å². The minimum atomic E-state index is -5.10. The third-order valence-electron chi connectivity index (χ3n) is 4.93. The number of nitrogens with one attached hydrogen (secondary N) is 3. The number of aliphatic hydroxyl groups is 1. The van der Waals surface area contributed by atoms with E-state index in [4.69, 9.17) is 28.6 Å². The standard InChI is InChI=1S/C21H18Cl2F6N6O2/c22-12-7-5-11(6-8-12)17(30)34(10-15(36)20(24,25)26)19(37)31-9-16-32-18(21(27,28)29)35(33-16)14-4-2-1-3-13(14)23/h1-8,15-16,30,33,36H,9-10H2,(H,31,37)/t15-,16?/m0/s1. The molecule has 2 atom stereocenters.